The molecule has 0 bridgehead atoms. The lowest BCUT2D eigenvalue weighted by Gasteiger charge is -2.26. The molecule has 0 fully saturated rings. The smallest absolute Gasteiger partial charge is 0.336 e. The van der Waals surface area contributed by atoms with E-state index in [2.05, 4.69) is 26.6 Å². The third-order valence-corrected chi connectivity index (χ3v) is 6.16. The topological polar surface area (TPSA) is 223 Å². The molecule has 14 heteroatoms. The fraction of sp³-hybridized carbons (Fsp3) is 0.379. The minimum Gasteiger partial charge on any atom is -0.480 e. The van der Waals surface area contributed by atoms with Crippen LogP contribution in [0.1, 0.15) is 54.8 Å². The summed E-state index contributed by atoms with van der Waals surface area (Å²) in [6.45, 7) is 6.06. The Balaban J connectivity index is 2.07. The second-order valence-corrected chi connectivity index (χ2v) is 10.5. The molecule has 0 heterocycles. The van der Waals surface area contributed by atoms with Crippen LogP contribution in [-0.2, 0) is 14.4 Å². The van der Waals surface area contributed by atoms with Gasteiger partial charge < -0.3 is 41.9 Å². The van der Waals surface area contributed by atoms with Gasteiger partial charge in [-0.15, -0.1) is 0 Å². The molecular weight excluding hydrogens is 562 g/mol. The summed E-state index contributed by atoms with van der Waals surface area (Å²) in [5.41, 5.74) is 0.194. The summed E-state index contributed by atoms with van der Waals surface area (Å²) >= 11 is 0. The van der Waals surface area contributed by atoms with Crippen molar-refractivity contribution in [3.8, 4) is 0 Å². The summed E-state index contributed by atoms with van der Waals surface area (Å²) in [6.07, 6.45) is 0.168. The zero-order chi connectivity index (χ0) is 32.3. The Morgan fingerprint density at radius 3 is 1.84 bits per heavy atom. The number of rotatable bonds is 14. The van der Waals surface area contributed by atoms with Crippen LogP contribution in [0.15, 0.2) is 48.5 Å². The maximum absolute atomic E-state index is 12.9. The van der Waals surface area contributed by atoms with Gasteiger partial charge in [-0.25, -0.2) is 14.4 Å². The lowest BCUT2D eigenvalue weighted by Crippen LogP contribution is -2.57. The number of carboxylic acid groups (broad SMARTS) is 2. The quantitative estimate of drug-likeness (QED) is 0.158. The fourth-order valence-corrected chi connectivity index (χ4v) is 4.00. The number of carboxylic acids is 2. The van der Waals surface area contributed by atoms with Crippen LogP contribution >= 0.6 is 0 Å². The molecule has 3 atom stereocenters. The van der Waals surface area contributed by atoms with Crippen molar-refractivity contribution in [3.63, 3.8) is 0 Å². The van der Waals surface area contributed by atoms with Gasteiger partial charge >= 0.3 is 18.0 Å². The first kappa shape index (κ1) is 34.2. The molecule has 2 rings (SSSR count). The Kier molecular flexibility index (Phi) is 12.6. The Labute approximate surface area is 248 Å². The van der Waals surface area contributed by atoms with Gasteiger partial charge in [-0.2, -0.15) is 0 Å². The number of carbonyl (C=O) groups is 6. The van der Waals surface area contributed by atoms with Gasteiger partial charge in [-0.1, -0.05) is 45.9 Å². The molecule has 0 unspecified atom stereocenters. The van der Waals surface area contributed by atoms with E-state index in [1.165, 1.54) is 48.5 Å². The van der Waals surface area contributed by atoms with Crippen molar-refractivity contribution in [2.45, 2.75) is 52.2 Å². The minimum absolute atomic E-state index is 0.0601. The molecule has 0 radical (unpaired) electrons. The first-order valence-corrected chi connectivity index (χ1v) is 13.5. The average Bonchev–Trinajstić information content (AvgIpc) is 2.93. The molecule has 0 spiro atoms. The summed E-state index contributed by atoms with van der Waals surface area (Å²) < 4.78 is 0. The summed E-state index contributed by atoms with van der Waals surface area (Å²) in [6, 6.07) is 6.93. The van der Waals surface area contributed by atoms with Crippen molar-refractivity contribution in [3.05, 3.63) is 59.7 Å². The molecular formula is C29H37N5O9. The summed E-state index contributed by atoms with van der Waals surface area (Å²) in [5, 5.41) is 40.7. The van der Waals surface area contributed by atoms with Crippen LogP contribution in [-0.4, -0.2) is 75.7 Å². The standard InChI is InChI=1S/C29H37N5O9/c1-15(2)12-21(25(37)34-23(16(3)4)28(41)42)32-26(38)22(14-35)33-29(43)31-18-9-7-8-17(13-18)30-24(36)19-10-5-6-11-20(19)27(39)40/h5-11,13,15-16,21-23,35H,12,14H2,1-4H3,(H,30,36)(H,32,38)(H,34,37)(H,39,40)(H,41,42)(H2,31,33,43)/t21-,22-,23-/m0/s1. The number of hydrogen-bond acceptors (Lipinski definition) is 7. The fourth-order valence-electron chi connectivity index (χ4n) is 4.00. The van der Waals surface area contributed by atoms with Crippen LogP contribution in [0.3, 0.4) is 0 Å². The average molecular weight is 600 g/mol. The Morgan fingerprint density at radius 2 is 1.30 bits per heavy atom. The molecule has 232 valence electrons. The second kappa shape index (κ2) is 15.9. The third-order valence-electron chi connectivity index (χ3n) is 6.16. The van der Waals surface area contributed by atoms with Gasteiger partial charge in [0.2, 0.25) is 11.8 Å². The number of aliphatic carboxylic acids is 1. The van der Waals surface area contributed by atoms with E-state index in [0.29, 0.717) is 0 Å². The number of benzene rings is 2. The van der Waals surface area contributed by atoms with E-state index in [4.69, 9.17) is 0 Å². The SMILES string of the molecule is CC(C)C[C@H](NC(=O)[C@H](CO)NC(=O)Nc1cccc(NC(=O)c2ccccc2C(=O)O)c1)C(=O)N[C@H](C(=O)O)C(C)C. The molecule has 0 aliphatic rings. The van der Waals surface area contributed by atoms with Crippen LogP contribution < -0.4 is 26.6 Å². The predicted octanol–water partition coefficient (Wildman–Crippen LogP) is 1.88. The Morgan fingerprint density at radius 1 is 0.721 bits per heavy atom. The van der Waals surface area contributed by atoms with Gasteiger partial charge in [-0.05, 0) is 48.6 Å². The highest BCUT2D eigenvalue weighted by Gasteiger charge is 2.31. The minimum atomic E-state index is -1.46. The van der Waals surface area contributed by atoms with E-state index in [-0.39, 0.29) is 34.8 Å². The number of anilines is 2. The number of aliphatic hydroxyl groups is 1. The van der Waals surface area contributed by atoms with Crippen molar-refractivity contribution in [2.24, 2.45) is 11.8 Å². The van der Waals surface area contributed by atoms with Crippen LogP contribution in [0.5, 0.6) is 0 Å². The summed E-state index contributed by atoms with van der Waals surface area (Å²) in [7, 11) is 0. The van der Waals surface area contributed by atoms with E-state index in [9.17, 15) is 44.1 Å². The lowest BCUT2D eigenvalue weighted by molar-refractivity contribution is -0.143. The van der Waals surface area contributed by atoms with Gasteiger partial charge in [-0.3, -0.25) is 14.4 Å². The monoisotopic (exact) mass is 599 g/mol. The second-order valence-electron chi connectivity index (χ2n) is 10.5. The van der Waals surface area contributed by atoms with Crippen molar-refractivity contribution in [2.75, 3.05) is 17.2 Å². The molecule has 14 nitrogen and oxygen atoms in total. The maximum Gasteiger partial charge on any atom is 0.336 e. The maximum atomic E-state index is 12.9. The van der Waals surface area contributed by atoms with E-state index < -0.39 is 66.3 Å². The van der Waals surface area contributed by atoms with Crippen LogP contribution in [0, 0.1) is 11.8 Å². The van der Waals surface area contributed by atoms with Gasteiger partial charge in [0.1, 0.15) is 18.1 Å². The normalized spacial score (nSPS) is 12.9. The van der Waals surface area contributed by atoms with Gasteiger partial charge in [0.25, 0.3) is 5.91 Å². The highest BCUT2D eigenvalue weighted by Crippen LogP contribution is 2.18. The molecule has 43 heavy (non-hydrogen) atoms. The largest absolute Gasteiger partial charge is 0.480 e. The molecule has 8 N–H and O–H groups in total. The first-order chi connectivity index (χ1) is 20.2. The van der Waals surface area contributed by atoms with Crippen molar-refractivity contribution in [1.29, 1.82) is 0 Å². The number of amides is 5. The number of aliphatic hydroxyl groups excluding tert-OH is 1. The highest BCUT2D eigenvalue weighted by atomic mass is 16.4. The highest BCUT2D eigenvalue weighted by molar-refractivity contribution is 6.11. The summed E-state index contributed by atoms with van der Waals surface area (Å²) in [5.74, 6) is -5.23. The van der Waals surface area contributed by atoms with E-state index >= 15 is 0 Å². The van der Waals surface area contributed by atoms with Crippen molar-refractivity contribution >= 4 is 47.1 Å². The zero-order valence-corrected chi connectivity index (χ0v) is 24.2. The number of aromatic carboxylic acids is 1. The van der Waals surface area contributed by atoms with E-state index in [1.54, 1.807) is 27.7 Å². The molecule has 0 aliphatic heterocycles. The van der Waals surface area contributed by atoms with Crippen molar-refractivity contribution in [1.82, 2.24) is 16.0 Å². The number of carbonyl (C=O) groups excluding carboxylic acids is 4. The molecule has 0 aliphatic carbocycles. The van der Waals surface area contributed by atoms with Crippen LogP contribution in [0.25, 0.3) is 0 Å². The third kappa shape index (κ3) is 10.4. The molecule has 2 aromatic carbocycles. The molecule has 0 saturated heterocycles. The predicted molar refractivity (Wildman–Crippen MR) is 157 cm³/mol. The molecule has 0 saturated carbocycles. The van der Waals surface area contributed by atoms with Crippen molar-refractivity contribution < 1.29 is 44.1 Å². The van der Waals surface area contributed by atoms with E-state index in [0.717, 1.165) is 0 Å². The van der Waals surface area contributed by atoms with Gasteiger partial charge in [0.05, 0.1) is 17.7 Å². The molecule has 2 aromatic rings. The number of urea groups is 1. The first-order valence-electron chi connectivity index (χ1n) is 13.5. The Bertz CT molecular complexity index is 1350. The molecule has 0 aromatic heterocycles. The lowest BCUT2D eigenvalue weighted by atomic mass is 10.00. The molecule has 5 amide bonds. The van der Waals surface area contributed by atoms with Crippen LogP contribution in [0.4, 0.5) is 16.2 Å². The zero-order valence-electron chi connectivity index (χ0n) is 24.2. The summed E-state index contributed by atoms with van der Waals surface area (Å²) in [4.78, 5) is 74.0. The number of nitrogens with one attached hydrogen (secondary N) is 5. The van der Waals surface area contributed by atoms with Crippen LogP contribution in [0.2, 0.25) is 0 Å². The number of hydrogen-bond donors (Lipinski definition) is 8. The van der Waals surface area contributed by atoms with Gasteiger partial charge in [0.15, 0.2) is 0 Å². The Hall–Kier alpha value is -4.98. The van der Waals surface area contributed by atoms with Gasteiger partial charge in [0, 0.05) is 11.4 Å². The van der Waals surface area contributed by atoms with E-state index in [1.807, 2.05) is 0 Å².